The average molecular weight is 335 g/mol. The average Bonchev–Trinajstić information content (AvgIpc) is 2.55. The normalized spacial score (nSPS) is 16.5. The van der Waals surface area contributed by atoms with Crippen molar-refractivity contribution >= 4 is 15.8 Å². The third-order valence-corrected chi connectivity index (χ3v) is 6.03. The van der Waals surface area contributed by atoms with E-state index in [0.29, 0.717) is 31.7 Å². The zero-order chi connectivity index (χ0) is 16.4. The van der Waals surface area contributed by atoms with Crippen LogP contribution in [0.3, 0.4) is 0 Å². The van der Waals surface area contributed by atoms with Gasteiger partial charge in [-0.05, 0) is 42.8 Å². The summed E-state index contributed by atoms with van der Waals surface area (Å²) in [6.45, 7) is 3.54. The van der Waals surface area contributed by atoms with Gasteiger partial charge in [0.25, 0.3) is 0 Å². The van der Waals surface area contributed by atoms with E-state index < -0.39 is 15.8 Å². The van der Waals surface area contributed by atoms with Gasteiger partial charge in [0.15, 0.2) is 0 Å². The standard InChI is InChI=1S/C16H18FN3O2S/c1-13-12-14(17)5-6-15(13)23(21,22)20-10-8-19(9-11-20)16-4-2-3-7-18-16/h2-7,12H,8-11H2,1H3. The van der Waals surface area contributed by atoms with Crippen LogP contribution in [0.2, 0.25) is 0 Å². The molecule has 2 aromatic rings. The third-order valence-electron chi connectivity index (χ3n) is 3.97. The first-order valence-electron chi connectivity index (χ1n) is 7.41. The minimum absolute atomic E-state index is 0.171. The van der Waals surface area contributed by atoms with Gasteiger partial charge in [0.05, 0.1) is 4.90 Å². The number of anilines is 1. The Kier molecular flexibility index (Phi) is 4.32. The van der Waals surface area contributed by atoms with Crippen LogP contribution in [-0.2, 0) is 10.0 Å². The molecule has 3 rings (SSSR count). The minimum Gasteiger partial charge on any atom is -0.354 e. The van der Waals surface area contributed by atoms with E-state index in [-0.39, 0.29) is 4.90 Å². The fraction of sp³-hybridized carbons (Fsp3) is 0.312. The van der Waals surface area contributed by atoms with Gasteiger partial charge in [0, 0.05) is 32.4 Å². The van der Waals surface area contributed by atoms with Crippen LogP contribution >= 0.6 is 0 Å². The summed E-state index contributed by atoms with van der Waals surface area (Å²) in [6.07, 6.45) is 1.72. The molecular formula is C16H18FN3O2S. The first-order chi connectivity index (χ1) is 11.0. The van der Waals surface area contributed by atoms with E-state index in [0.717, 1.165) is 5.82 Å². The summed E-state index contributed by atoms with van der Waals surface area (Å²) in [4.78, 5) is 6.52. The number of nitrogens with zero attached hydrogens (tertiary/aromatic N) is 3. The highest BCUT2D eigenvalue weighted by Crippen LogP contribution is 2.23. The van der Waals surface area contributed by atoms with Gasteiger partial charge in [-0.25, -0.2) is 17.8 Å². The predicted octanol–water partition coefficient (Wildman–Crippen LogP) is 2.04. The molecule has 7 heteroatoms. The number of hydrogen-bond donors (Lipinski definition) is 0. The smallest absolute Gasteiger partial charge is 0.243 e. The van der Waals surface area contributed by atoms with Gasteiger partial charge in [-0.2, -0.15) is 4.31 Å². The molecule has 5 nitrogen and oxygen atoms in total. The van der Waals surface area contributed by atoms with Crippen LogP contribution in [0.15, 0.2) is 47.5 Å². The van der Waals surface area contributed by atoms with Crippen LogP contribution in [0.25, 0.3) is 0 Å². The lowest BCUT2D eigenvalue weighted by Gasteiger charge is -2.34. The molecule has 1 saturated heterocycles. The maximum atomic E-state index is 13.2. The molecule has 0 atom stereocenters. The number of rotatable bonds is 3. The largest absolute Gasteiger partial charge is 0.354 e. The quantitative estimate of drug-likeness (QED) is 0.861. The van der Waals surface area contributed by atoms with E-state index in [2.05, 4.69) is 9.88 Å². The van der Waals surface area contributed by atoms with Gasteiger partial charge < -0.3 is 4.90 Å². The maximum Gasteiger partial charge on any atom is 0.243 e. The Balaban J connectivity index is 1.76. The van der Waals surface area contributed by atoms with Crippen molar-refractivity contribution in [2.45, 2.75) is 11.8 Å². The van der Waals surface area contributed by atoms with Crippen molar-refractivity contribution in [3.8, 4) is 0 Å². The van der Waals surface area contributed by atoms with Gasteiger partial charge >= 0.3 is 0 Å². The molecule has 122 valence electrons. The Morgan fingerprint density at radius 1 is 1.09 bits per heavy atom. The molecule has 1 aromatic carbocycles. The van der Waals surface area contributed by atoms with Gasteiger partial charge in [0.1, 0.15) is 11.6 Å². The molecule has 1 aliphatic heterocycles. The maximum absolute atomic E-state index is 13.2. The van der Waals surface area contributed by atoms with Gasteiger partial charge in [-0.15, -0.1) is 0 Å². The topological polar surface area (TPSA) is 53.5 Å². The van der Waals surface area contributed by atoms with E-state index in [9.17, 15) is 12.8 Å². The summed E-state index contributed by atoms with van der Waals surface area (Å²) >= 11 is 0. The molecule has 23 heavy (non-hydrogen) atoms. The molecule has 1 aliphatic rings. The molecule has 0 bridgehead atoms. The number of pyridine rings is 1. The number of sulfonamides is 1. The lowest BCUT2D eigenvalue weighted by atomic mass is 10.2. The van der Waals surface area contributed by atoms with Gasteiger partial charge in [-0.3, -0.25) is 0 Å². The summed E-state index contributed by atoms with van der Waals surface area (Å²) in [5.74, 6) is 0.420. The van der Waals surface area contributed by atoms with Crippen molar-refractivity contribution in [2.75, 3.05) is 31.1 Å². The van der Waals surface area contributed by atoms with E-state index in [1.165, 1.54) is 22.5 Å². The van der Waals surface area contributed by atoms with Crippen molar-refractivity contribution < 1.29 is 12.8 Å². The fourth-order valence-electron chi connectivity index (χ4n) is 2.74. The summed E-state index contributed by atoms with van der Waals surface area (Å²) in [6, 6.07) is 9.44. The number of halogens is 1. The first-order valence-corrected chi connectivity index (χ1v) is 8.85. The summed E-state index contributed by atoms with van der Waals surface area (Å²) in [5, 5.41) is 0. The third kappa shape index (κ3) is 3.20. The van der Waals surface area contributed by atoms with E-state index in [1.807, 2.05) is 18.2 Å². The summed E-state index contributed by atoms with van der Waals surface area (Å²) < 4.78 is 40.1. The van der Waals surface area contributed by atoms with Crippen LogP contribution in [0, 0.1) is 12.7 Å². The Morgan fingerprint density at radius 3 is 2.43 bits per heavy atom. The zero-order valence-corrected chi connectivity index (χ0v) is 13.6. The molecule has 0 unspecified atom stereocenters. The second kappa shape index (κ2) is 6.25. The van der Waals surface area contributed by atoms with Crippen molar-refractivity contribution in [1.29, 1.82) is 0 Å². The van der Waals surface area contributed by atoms with E-state index in [1.54, 1.807) is 13.1 Å². The lowest BCUT2D eigenvalue weighted by molar-refractivity contribution is 0.383. The monoisotopic (exact) mass is 335 g/mol. The Morgan fingerprint density at radius 2 is 1.83 bits per heavy atom. The predicted molar refractivity (Wildman–Crippen MR) is 86.3 cm³/mol. The van der Waals surface area contributed by atoms with Crippen molar-refractivity contribution in [1.82, 2.24) is 9.29 Å². The van der Waals surface area contributed by atoms with Crippen LogP contribution in [0.5, 0.6) is 0 Å². The minimum atomic E-state index is -3.60. The van der Waals surface area contributed by atoms with Crippen LogP contribution in [0.4, 0.5) is 10.2 Å². The number of aromatic nitrogens is 1. The van der Waals surface area contributed by atoms with Crippen LogP contribution in [0.1, 0.15) is 5.56 Å². The SMILES string of the molecule is Cc1cc(F)ccc1S(=O)(=O)N1CCN(c2ccccn2)CC1. The molecule has 0 N–H and O–H groups in total. The second-order valence-corrected chi connectivity index (χ2v) is 7.40. The molecule has 0 spiro atoms. The number of piperazine rings is 1. The zero-order valence-electron chi connectivity index (χ0n) is 12.8. The highest BCUT2D eigenvalue weighted by molar-refractivity contribution is 7.89. The van der Waals surface area contributed by atoms with Gasteiger partial charge in [-0.1, -0.05) is 6.07 Å². The fourth-order valence-corrected chi connectivity index (χ4v) is 4.37. The Labute approximate surface area is 135 Å². The van der Waals surface area contributed by atoms with Crippen LogP contribution < -0.4 is 4.90 Å². The molecule has 1 aromatic heterocycles. The van der Waals surface area contributed by atoms with Crippen LogP contribution in [-0.4, -0.2) is 43.9 Å². The van der Waals surface area contributed by atoms with E-state index in [4.69, 9.17) is 0 Å². The molecule has 0 aliphatic carbocycles. The highest BCUT2D eigenvalue weighted by atomic mass is 32.2. The Hall–Kier alpha value is -1.99. The molecule has 1 fully saturated rings. The first kappa shape index (κ1) is 15.9. The highest BCUT2D eigenvalue weighted by Gasteiger charge is 2.29. The van der Waals surface area contributed by atoms with Gasteiger partial charge in [0.2, 0.25) is 10.0 Å². The van der Waals surface area contributed by atoms with Crippen molar-refractivity contribution in [3.63, 3.8) is 0 Å². The molecule has 0 amide bonds. The molecular weight excluding hydrogens is 317 g/mol. The van der Waals surface area contributed by atoms with E-state index >= 15 is 0 Å². The Bertz CT molecular complexity index is 788. The molecule has 0 radical (unpaired) electrons. The second-order valence-electron chi connectivity index (χ2n) is 5.49. The number of hydrogen-bond acceptors (Lipinski definition) is 4. The summed E-state index contributed by atoms with van der Waals surface area (Å²) in [5.41, 5.74) is 0.428. The number of aryl methyl sites for hydroxylation is 1. The number of benzene rings is 1. The van der Waals surface area contributed by atoms with Crippen molar-refractivity contribution in [2.24, 2.45) is 0 Å². The van der Waals surface area contributed by atoms with Crippen molar-refractivity contribution in [3.05, 3.63) is 54.0 Å². The molecule has 0 saturated carbocycles. The lowest BCUT2D eigenvalue weighted by Crippen LogP contribution is -2.49. The molecule has 2 heterocycles. The summed E-state index contributed by atoms with van der Waals surface area (Å²) in [7, 11) is -3.60.